The van der Waals surface area contributed by atoms with E-state index in [-0.39, 0.29) is 11.9 Å². The monoisotopic (exact) mass is 294 g/mol. The molecule has 0 aromatic carbocycles. The number of carbonyl (C=O) groups excluding carboxylic acids is 2. The molecule has 0 bridgehead atoms. The normalized spacial score (nSPS) is 14.9. The highest BCUT2D eigenvalue weighted by Crippen LogP contribution is 2.07. The molecule has 21 heavy (non-hydrogen) atoms. The van der Waals surface area contributed by atoms with Crippen LogP contribution in [0, 0.1) is 17.8 Å². The zero-order chi connectivity index (χ0) is 16.1. The molecular weight excluding hydrogens is 268 g/mol. The van der Waals surface area contributed by atoms with Crippen LogP contribution in [0.3, 0.4) is 0 Å². The van der Waals surface area contributed by atoms with E-state index in [9.17, 15) is 14.7 Å². The van der Waals surface area contributed by atoms with Crippen LogP contribution >= 0.6 is 0 Å². The van der Waals surface area contributed by atoms with Gasteiger partial charge < -0.3 is 9.84 Å². The number of unbranched alkanes of at least 4 members (excludes halogenated alkanes) is 3. The van der Waals surface area contributed by atoms with Crippen molar-refractivity contribution >= 4 is 12.3 Å². The molecule has 0 aromatic heterocycles. The molecule has 0 rings (SSSR count). The Morgan fingerprint density at radius 2 is 2.05 bits per heavy atom. The number of ketones is 1. The second kappa shape index (κ2) is 12.2. The summed E-state index contributed by atoms with van der Waals surface area (Å²) >= 11 is 0. The molecule has 0 fully saturated rings. The molecule has 0 spiro atoms. The Hall–Kier alpha value is -1.60. The predicted octanol–water partition coefficient (Wildman–Crippen LogP) is 2.64. The third-order valence-corrected chi connectivity index (χ3v) is 3.12. The number of aliphatic hydroxyl groups excluding tert-OH is 1. The van der Waals surface area contributed by atoms with E-state index in [4.69, 9.17) is 4.74 Å². The van der Waals surface area contributed by atoms with Crippen LogP contribution in [0.1, 0.15) is 52.9 Å². The van der Waals surface area contributed by atoms with Gasteiger partial charge >= 0.3 is 0 Å². The molecular formula is C17H26O4. The van der Waals surface area contributed by atoms with Gasteiger partial charge in [-0.3, -0.25) is 9.59 Å². The lowest BCUT2D eigenvalue weighted by atomic mass is 9.99. The van der Waals surface area contributed by atoms with E-state index in [1.807, 2.05) is 0 Å². The van der Waals surface area contributed by atoms with E-state index in [1.54, 1.807) is 19.9 Å². The minimum Gasteiger partial charge on any atom is -0.465 e. The molecule has 0 saturated carbocycles. The Labute approximate surface area is 127 Å². The Morgan fingerprint density at radius 3 is 2.67 bits per heavy atom. The van der Waals surface area contributed by atoms with Crippen molar-refractivity contribution in [2.75, 3.05) is 0 Å². The highest BCUT2D eigenvalue weighted by atomic mass is 16.5. The number of aliphatic hydroxyl groups is 1. The fourth-order valence-corrected chi connectivity index (χ4v) is 1.60. The third kappa shape index (κ3) is 9.86. The number of carbonyl (C=O) groups is 2. The lowest BCUT2D eigenvalue weighted by Crippen LogP contribution is -2.23. The first-order valence-electron chi connectivity index (χ1n) is 7.48. The lowest BCUT2D eigenvalue weighted by Gasteiger charge is -2.10. The van der Waals surface area contributed by atoms with Gasteiger partial charge in [0.1, 0.15) is 12.2 Å². The first kappa shape index (κ1) is 19.4. The standard InChI is InChI=1S/C17H26O4/c1-4-5-6-7-8-11-16(19)15(3)17(20)12-9-10-14(2)21-13-18/h9,12-16,19H,4-7,10H2,1-3H3/b12-9+/t14-,15+,16+/m0/s1. The number of rotatable bonds is 10. The molecule has 0 unspecified atom stereocenters. The molecule has 4 heteroatoms. The second-order valence-corrected chi connectivity index (χ2v) is 5.10. The zero-order valence-corrected chi connectivity index (χ0v) is 13.2. The maximum Gasteiger partial charge on any atom is 0.293 e. The van der Waals surface area contributed by atoms with Crippen molar-refractivity contribution in [3.8, 4) is 11.8 Å². The molecule has 0 radical (unpaired) electrons. The first-order valence-corrected chi connectivity index (χ1v) is 7.48. The van der Waals surface area contributed by atoms with Gasteiger partial charge in [-0.15, -0.1) is 5.92 Å². The number of hydrogen-bond donors (Lipinski definition) is 1. The fourth-order valence-electron chi connectivity index (χ4n) is 1.60. The van der Waals surface area contributed by atoms with Gasteiger partial charge in [0, 0.05) is 12.8 Å². The van der Waals surface area contributed by atoms with Gasteiger partial charge in [-0.05, 0) is 19.4 Å². The molecule has 0 aliphatic carbocycles. The Balaban J connectivity index is 4.17. The minimum atomic E-state index is -0.938. The number of allylic oxidation sites excluding steroid dienone is 1. The fraction of sp³-hybridized carbons (Fsp3) is 0.647. The Kier molecular flexibility index (Phi) is 11.2. The van der Waals surface area contributed by atoms with E-state index in [1.165, 1.54) is 6.08 Å². The Morgan fingerprint density at radius 1 is 1.33 bits per heavy atom. The molecule has 0 aromatic rings. The summed E-state index contributed by atoms with van der Waals surface area (Å²) in [7, 11) is 0. The number of ether oxygens (including phenoxy) is 1. The average molecular weight is 294 g/mol. The topological polar surface area (TPSA) is 63.6 Å². The van der Waals surface area contributed by atoms with Gasteiger partial charge in [-0.1, -0.05) is 38.7 Å². The average Bonchev–Trinajstić information content (AvgIpc) is 2.46. The van der Waals surface area contributed by atoms with Crippen LogP contribution in [0.15, 0.2) is 12.2 Å². The molecule has 0 aliphatic heterocycles. The molecule has 0 amide bonds. The summed E-state index contributed by atoms with van der Waals surface area (Å²) in [5.74, 6) is 4.90. The third-order valence-electron chi connectivity index (χ3n) is 3.12. The van der Waals surface area contributed by atoms with E-state index in [0.29, 0.717) is 12.9 Å². The highest BCUT2D eigenvalue weighted by molar-refractivity contribution is 5.92. The summed E-state index contributed by atoms with van der Waals surface area (Å²) < 4.78 is 4.70. The number of hydrogen-bond acceptors (Lipinski definition) is 4. The van der Waals surface area contributed by atoms with Crippen molar-refractivity contribution in [2.45, 2.75) is 65.1 Å². The molecule has 0 aliphatic rings. The SMILES string of the molecule is CCCCCC#C[C@@H](O)[C@@H](C)C(=O)/C=C/C[C@H](C)OC=O. The summed E-state index contributed by atoms with van der Waals surface area (Å²) in [6, 6.07) is 0. The van der Waals surface area contributed by atoms with Gasteiger partial charge in [0.25, 0.3) is 6.47 Å². The quantitative estimate of drug-likeness (QED) is 0.291. The van der Waals surface area contributed by atoms with Gasteiger partial charge in [0.2, 0.25) is 0 Å². The summed E-state index contributed by atoms with van der Waals surface area (Å²) in [6.45, 7) is 5.91. The van der Waals surface area contributed by atoms with Crippen LogP contribution in [-0.2, 0) is 14.3 Å². The maximum atomic E-state index is 11.8. The van der Waals surface area contributed by atoms with Crippen molar-refractivity contribution in [3.63, 3.8) is 0 Å². The van der Waals surface area contributed by atoms with E-state index in [0.717, 1.165) is 25.7 Å². The summed E-state index contributed by atoms with van der Waals surface area (Å²) in [5, 5.41) is 9.84. The van der Waals surface area contributed by atoms with Crippen LogP contribution < -0.4 is 0 Å². The second-order valence-electron chi connectivity index (χ2n) is 5.10. The summed E-state index contributed by atoms with van der Waals surface area (Å²) in [4.78, 5) is 21.9. The molecule has 0 saturated heterocycles. The summed E-state index contributed by atoms with van der Waals surface area (Å²) in [6.07, 6.45) is 6.37. The van der Waals surface area contributed by atoms with Gasteiger partial charge in [-0.25, -0.2) is 0 Å². The Bertz CT molecular complexity index is 389. The van der Waals surface area contributed by atoms with E-state index < -0.39 is 12.0 Å². The van der Waals surface area contributed by atoms with Gasteiger partial charge in [-0.2, -0.15) is 0 Å². The van der Waals surface area contributed by atoms with Gasteiger partial charge in [0.15, 0.2) is 5.78 Å². The molecule has 1 N–H and O–H groups in total. The van der Waals surface area contributed by atoms with Crippen molar-refractivity contribution in [1.82, 2.24) is 0 Å². The largest absolute Gasteiger partial charge is 0.465 e. The molecule has 4 nitrogen and oxygen atoms in total. The minimum absolute atomic E-state index is 0.177. The molecule has 118 valence electrons. The van der Waals surface area contributed by atoms with Crippen molar-refractivity contribution in [1.29, 1.82) is 0 Å². The molecule has 3 atom stereocenters. The van der Waals surface area contributed by atoms with E-state index >= 15 is 0 Å². The van der Waals surface area contributed by atoms with Gasteiger partial charge in [0.05, 0.1) is 5.92 Å². The van der Waals surface area contributed by atoms with Crippen molar-refractivity contribution < 1.29 is 19.4 Å². The lowest BCUT2D eigenvalue weighted by molar-refractivity contribution is -0.132. The van der Waals surface area contributed by atoms with Crippen LogP contribution in [0.25, 0.3) is 0 Å². The van der Waals surface area contributed by atoms with Crippen LogP contribution in [0.5, 0.6) is 0 Å². The van der Waals surface area contributed by atoms with Crippen LogP contribution in [0.4, 0.5) is 0 Å². The van der Waals surface area contributed by atoms with E-state index in [2.05, 4.69) is 18.8 Å². The zero-order valence-electron chi connectivity index (χ0n) is 13.2. The first-order chi connectivity index (χ1) is 10.0. The van der Waals surface area contributed by atoms with Crippen molar-refractivity contribution in [3.05, 3.63) is 12.2 Å². The maximum absolute atomic E-state index is 11.8. The van der Waals surface area contributed by atoms with Crippen LogP contribution in [0.2, 0.25) is 0 Å². The highest BCUT2D eigenvalue weighted by Gasteiger charge is 2.17. The van der Waals surface area contributed by atoms with Crippen LogP contribution in [-0.4, -0.2) is 29.6 Å². The summed E-state index contributed by atoms with van der Waals surface area (Å²) in [5.41, 5.74) is 0. The van der Waals surface area contributed by atoms with Crippen molar-refractivity contribution in [2.24, 2.45) is 5.92 Å². The smallest absolute Gasteiger partial charge is 0.293 e. The predicted molar refractivity (Wildman–Crippen MR) is 82.5 cm³/mol. The molecule has 0 heterocycles.